The van der Waals surface area contributed by atoms with Gasteiger partial charge in [0.25, 0.3) is 0 Å². The van der Waals surface area contributed by atoms with Crippen LogP contribution in [0, 0.1) is 0 Å². The first-order valence-electron chi connectivity index (χ1n) is 7.68. The molecule has 0 aliphatic rings. The standard InChI is InChI=1S/C16H23NO7S/c1-16(21,15(19)20)11-17-14(18)5-3-4-10-24-12-6-8-13(9-7-12)25(2,22)23/h6-9,21H,3-5,10-11H2,1-2H3,(H,17,18)(H,19,20). The van der Waals surface area contributed by atoms with Crippen LogP contribution in [0.15, 0.2) is 29.2 Å². The van der Waals surface area contributed by atoms with Gasteiger partial charge in [0.15, 0.2) is 15.4 Å². The highest BCUT2D eigenvalue weighted by molar-refractivity contribution is 7.90. The minimum absolute atomic E-state index is 0.187. The smallest absolute Gasteiger partial charge is 0.337 e. The summed E-state index contributed by atoms with van der Waals surface area (Å²) < 4.78 is 28.1. The molecule has 0 spiro atoms. The van der Waals surface area contributed by atoms with Gasteiger partial charge in [-0.1, -0.05) is 0 Å². The maximum absolute atomic E-state index is 11.6. The molecule has 1 atom stereocenters. The van der Waals surface area contributed by atoms with E-state index in [1.54, 1.807) is 12.1 Å². The van der Waals surface area contributed by atoms with Crippen LogP contribution < -0.4 is 10.1 Å². The highest BCUT2D eigenvalue weighted by atomic mass is 32.2. The number of amides is 1. The predicted molar refractivity (Wildman–Crippen MR) is 90.2 cm³/mol. The van der Waals surface area contributed by atoms with Crippen LogP contribution in [0.3, 0.4) is 0 Å². The summed E-state index contributed by atoms with van der Waals surface area (Å²) in [6, 6.07) is 6.06. The van der Waals surface area contributed by atoms with Gasteiger partial charge in [-0.05, 0) is 44.0 Å². The van der Waals surface area contributed by atoms with Gasteiger partial charge in [0, 0.05) is 12.7 Å². The molecule has 0 fully saturated rings. The molecule has 1 rings (SSSR count). The lowest BCUT2D eigenvalue weighted by molar-refractivity contribution is -0.156. The first-order valence-corrected chi connectivity index (χ1v) is 9.57. The van der Waals surface area contributed by atoms with Crippen molar-refractivity contribution in [3.8, 4) is 5.75 Å². The van der Waals surface area contributed by atoms with Crippen molar-refractivity contribution in [2.75, 3.05) is 19.4 Å². The van der Waals surface area contributed by atoms with E-state index in [1.165, 1.54) is 12.1 Å². The lowest BCUT2D eigenvalue weighted by atomic mass is 10.1. The fraction of sp³-hybridized carbons (Fsp3) is 0.500. The van der Waals surface area contributed by atoms with Crippen molar-refractivity contribution in [3.05, 3.63) is 24.3 Å². The number of hydrogen-bond donors (Lipinski definition) is 3. The molecule has 1 amide bonds. The van der Waals surface area contributed by atoms with E-state index in [0.717, 1.165) is 13.2 Å². The Balaban J connectivity index is 2.24. The molecule has 3 N–H and O–H groups in total. The number of nitrogens with one attached hydrogen (secondary N) is 1. The van der Waals surface area contributed by atoms with Gasteiger partial charge in [-0.15, -0.1) is 0 Å². The summed E-state index contributed by atoms with van der Waals surface area (Å²) in [6.07, 6.45) is 2.44. The van der Waals surface area contributed by atoms with Crippen molar-refractivity contribution in [1.29, 1.82) is 0 Å². The highest BCUT2D eigenvalue weighted by Gasteiger charge is 2.30. The number of carboxylic acid groups (broad SMARTS) is 1. The van der Waals surface area contributed by atoms with Crippen molar-refractivity contribution in [2.45, 2.75) is 36.7 Å². The molecule has 0 aromatic heterocycles. The van der Waals surface area contributed by atoms with Gasteiger partial charge in [-0.2, -0.15) is 0 Å². The largest absolute Gasteiger partial charge is 0.494 e. The zero-order valence-electron chi connectivity index (χ0n) is 14.2. The van der Waals surface area contributed by atoms with Crippen molar-refractivity contribution in [2.24, 2.45) is 0 Å². The molecule has 140 valence electrons. The Labute approximate surface area is 146 Å². The molecule has 0 aliphatic heterocycles. The molecule has 0 bridgehead atoms. The molecule has 25 heavy (non-hydrogen) atoms. The van der Waals surface area contributed by atoms with Gasteiger partial charge in [-0.25, -0.2) is 13.2 Å². The summed E-state index contributed by atoms with van der Waals surface area (Å²) in [6.45, 7) is 1.11. The van der Waals surface area contributed by atoms with Crippen LogP contribution in [0.5, 0.6) is 5.75 Å². The van der Waals surface area contributed by atoms with Gasteiger partial charge in [0.05, 0.1) is 18.0 Å². The molecule has 0 radical (unpaired) electrons. The Morgan fingerprint density at radius 3 is 2.32 bits per heavy atom. The van der Waals surface area contributed by atoms with Crippen molar-refractivity contribution >= 4 is 21.7 Å². The molecule has 0 saturated heterocycles. The minimum Gasteiger partial charge on any atom is -0.494 e. The summed E-state index contributed by atoms with van der Waals surface area (Å²) in [5.41, 5.74) is -1.99. The molecule has 8 nitrogen and oxygen atoms in total. The quantitative estimate of drug-likeness (QED) is 0.512. The number of aliphatic hydroxyl groups is 1. The Hall–Kier alpha value is -2.13. The van der Waals surface area contributed by atoms with Crippen LogP contribution in [0.25, 0.3) is 0 Å². The van der Waals surface area contributed by atoms with E-state index in [1.807, 2.05) is 0 Å². The number of carboxylic acids is 1. The van der Waals surface area contributed by atoms with Crippen LogP contribution in [-0.4, -0.2) is 55.5 Å². The van der Waals surface area contributed by atoms with Gasteiger partial charge in [-0.3, -0.25) is 4.79 Å². The van der Waals surface area contributed by atoms with Gasteiger partial charge in [0.1, 0.15) is 5.75 Å². The summed E-state index contributed by atoms with van der Waals surface area (Å²) >= 11 is 0. The van der Waals surface area contributed by atoms with Crippen molar-refractivity contribution in [1.82, 2.24) is 5.32 Å². The molecule has 0 aliphatic carbocycles. The van der Waals surface area contributed by atoms with Gasteiger partial charge >= 0.3 is 5.97 Å². The predicted octanol–water partition coefficient (Wildman–Crippen LogP) is 0.591. The number of carbonyl (C=O) groups excluding carboxylic acids is 1. The second kappa shape index (κ2) is 8.82. The van der Waals surface area contributed by atoms with Crippen molar-refractivity contribution in [3.63, 3.8) is 0 Å². The summed E-state index contributed by atoms with van der Waals surface area (Å²) in [4.78, 5) is 22.5. The molecule has 9 heteroatoms. The van der Waals surface area contributed by atoms with Crippen LogP contribution >= 0.6 is 0 Å². The SMILES string of the molecule is CC(O)(CNC(=O)CCCCOc1ccc(S(C)(=O)=O)cc1)C(=O)O. The number of aliphatic carboxylic acids is 1. The van der Waals surface area contributed by atoms with Crippen LogP contribution in [0.2, 0.25) is 0 Å². The zero-order valence-corrected chi connectivity index (χ0v) is 15.0. The van der Waals surface area contributed by atoms with Gasteiger partial charge in [0.2, 0.25) is 5.91 Å². The fourth-order valence-electron chi connectivity index (χ4n) is 1.80. The Morgan fingerprint density at radius 1 is 1.20 bits per heavy atom. The monoisotopic (exact) mass is 373 g/mol. The summed E-state index contributed by atoms with van der Waals surface area (Å²) in [5.74, 6) is -1.21. The second-order valence-electron chi connectivity index (χ2n) is 5.90. The third kappa shape index (κ3) is 7.53. The van der Waals surface area contributed by atoms with Crippen molar-refractivity contribution < 1.29 is 33.0 Å². The molecule has 0 heterocycles. The first-order chi connectivity index (χ1) is 11.5. The number of carbonyl (C=O) groups is 2. The summed E-state index contributed by atoms with van der Waals surface area (Å²) in [5, 5.41) is 20.6. The zero-order chi connectivity index (χ0) is 19.1. The maximum Gasteiger partial charge on any atom is 0.337 e. The average molecular weight is 373 g/mol. The Bertz CT molecular complexity index is 696. The molecular formula is C16H23NO7S. The number of benzene rings is 1. The number of hydrogen-bond acceptors (Lipinski definition) is 6. The highest BCUT2D eigenvalue weighted by Crippen LogP contribution is 2.16. The normalized spacial score (nSPS) is 13.7. The summed E-state index contributed by atoms with van der Waals surface area (Å²) in [7, 11) is -3.23. The maximum atomic E-state index is 11.6. The third-order valence-corrected chi connectivity index (χ3v) is 4.54. The van der Waals surface area contributed by atoms with Gasteiger partial charge < -0.3 is 20.3 Å². The van der Waals surface area contributed by atoms with E-state index in [-0.39, 0.29) is 23.8 Å². The molecule has 1 aromatic carbocycles. The lowest BCUT2D eigenvalue weighted by Gasteiger charge is -2.18. The van der Waals surface area contributed by atoms with E-state index in [0.29, 0.717) is 25.2 Å². The second-order valence-corrected chi connectivity index (χ2v) is 7.92. The van der Waals surface area contributed by atoms with Crippen LogP contribution in [0.4, 0.5) is 0 Å². The van der Waals surface area contributed by atoms with Crippen LogP contribution in [0.1, 0.15) is 26.2 Å². The third-order valence-electron chi connectivity index (χ3n) is 3.41. The minimum atomic E-state index is -3.23. The number of ether oxygens (including phenoxy) is 1. The molecule has 0 saturated carbocycles. The molecule has 1 aromatic rings. The Morgan fingerprint density at radius 2 is 1.80 bits per heavy atom. The van der Waals surface area contributed by atoms with E-state index < -0.39 is 21.4 Å². The number of rotatable bonds is 10. The van der Waals surface area contributed by atoms with E-state index in [9.17, 15) is 23.1 Å². The van der Waals surface area contributed by atoms with E-state index in [2.05, 4.69) is 5.32 Å². The van der Waals surface area contributed by atoms with Crippen LogP contribution in [-0.2, 0) is 19.4 Å². The Kier molecular flexibility index (Phi) is 7.38. The van der Waals surface area contributed by atoms with E-state index in [4.69, 9.17) is 9.84 Å². The molecule has 1 unspecified atom stereocenters. The number of sulfone groups is 1. The molecular weight excluding hydrogens is 350 g/mol. The average Bonchev–Trinajstić information content (AvgIpc) is 2.52. The fourth-order valence-corrected chi connectivity index (χ4v) is 2.43. The number of unbranched alkanes of at least 4 members (excludes halogenated alkanes) is 1. The topological polar surface area (TPSA) is 130 Å². The lowest BCUT2D eigenvalue weighted by Crippen LogP contribution is -2.46. The first kappa shape index (κ1) is 20.9. The van der Waals surface area contributed by atoms with E-state index >= 15 is 0 Å².